The molecular formula is C10H4ClF3O4. The molecule has 0 aliphatic rings. The van der Waals surface area contributed by atoms with Crippen LogP contribution in [0.2, 0.25) is 0 Å². The maximum Gasteiger partial charge on any atom is 0.416 e. The predicted molar refractivity (Wildman–Crippen MR) is 52.7 cm³/mol. The second kappa shape index (κ2) is 5.18. The summed E-state index contributed by atoms with van der Waals surface area (Å²) in [6.45, 7) is 0. The number of esters is 2. The van der Waals surface area contributed by atoms with Crippen molar-refractivity contribution in [3.05, 3.63) is 35.4 Å². The molecule has 0 aliphatic carbocycles. The molecule has 18 heavy (non-hydrogen) atoms. The average molecular weight is 281 g/mol. The van der Waals surface area contributed by atoms with Gasteiger partial charge in [-0.25, -0.2) is 9.59 Å². The fourth-order valence-corrected chi connectivity index (χ4v) is 1.02. The summed E-state index contributed by atoms with van der Waals surface area (Å²) in [5.74, 6) is -2.86. The number of carbonyl (C=O) groups is 3. The van der Waals surface area contributed by atoms with Crippen LogP contribution in [0.1, 0.15) is 15.9 Å². The van der Waals surface area contributed by atoms with Crippen LogP contribution in [0, 0.1) is 0 Å². The van der Waals surface area contributed by atoms with Crippen LogP contribution in [0.15, 0.2) is 24.3 Å². The summed E-state index contributed by atoms with van der Waals surface area (Å²) in [4.78, 5) is 32.1. The van der Waals surface area contributed by atoms with E-state index in [-0.39, 0.29) is 5.56 Å². The molecule has 0 bridgehead atoms. The molecule has 0 fully saturated rings. The number of hydrogen-bond acceptors (Lipinski definition) is 4. The summed E-state index contributed by atoms with van der Waals surface area (Å²) in [6.07, 6.45) is -4.54. The van der Waals surface area contributed by atoms with Gasteiger partial charge in [-0.3, -0.25) is 4.79 Å². The van der Waals surface area contributed by atoms with Crippen molar-refractivity contribution in [2.24, 2.45) is 0 Å². The highest BCUT2D eigenvalue weighted by molar-refractivity contribution is 6.80. The third-order valence-corrected chi connectivity index (χ3v) is 1.95. The zero-order valence-corrected chi connectivity index (χ0v) is 9.21. The van der Waals surface area contributed by atoms with Crippen molar-refractivity contribution in [3.63, 3.8) is 0 Å². The molecule has 0 aromatic heterocycles. The van der Waals surface area contributed by atoms with E-state index in [9.17, 15) is 27.6 Å². The van der Waals surface area contributed by atoms with E-state index in [1.165, 1.54) is 0 Å². The highest BCUT2D eigenvalue weighted by atomic mass is 35.5. The normalized spacial score (nSPS) is 10.9. The summed E-state index contributed by atoms with van der Waals surface area (Å²) >= 11 is 4.73. The minimum atomic E-state index is -4.54. The number of benzene rings is 1. The standard InChI is InChI=1S/C10H4ClF3O4/c11-7(15)9(17)18-8(16)5-1-3-6(4-2-5)10(12,13)14/h1-4H. The Morgan fingerprint density at radius 1 is 1.06 bits per heavy atom. The Kier molecular flexibility index (Phi) is 4.07. The van der Waals surface area contributed by atoms with Crippen molar-refractivity contribution in [2.45, 2.75) is 6.18 Å². The molecule has 0 spiro atoms. The number of halogens is 4. The number of alkyl halides is 3. The van der Waals surface area contributed by atoms with Gasteiger partial charge in [0.15, 0.2) is 0 Å². The molecule has 0 N–H and O–H groups in total. The zero-order chi connectivity index (χ0) is 13.9. The third kappa shape index (κ3) is 3.56. The molecule has 0 aliphatic heterocycles. The highest BCUT2D eigenvalue weighted by Crippen LogP contribution is 2.29. The lowest BCUT2D eigenvalue weighted by Crippen LogP contribution is -2.17. The van der Waals surface area contributed by atoms with Gasteiger partial charge < -0.3 is 4.74 Å². The van der Waals surface area contributed by atoms with Gasteiger partial charge in [0.1, 0.15) is 0 Å². The summed E-state index contributed by atoms with van der Waals surface area (Å²) in [6, 6.07) is 2.92. The molecule has 96 valence electrons. The predicted octanol–water partition coefficient (Wildman–Crippen LogP) is 2.15. The second-order valence-electron chi connectivity index (χ2n) is 3.03. The molecule has 0 atom stereocenters. The fraction of sp³-hybridized carbons (Fsp3) is 0.100. The summed E-state index contributed by atoms with van der Waals surface area (Å²) in [5.41, 5.74) is -1.27. The Morgan fingerprint density at radius 3 is 1.94 bits per heavy atom. The van der Waals surface area contributed by atoms with E-state index >= 15 is 0 Å². The van der Waals surface area contributed by atoms with Crippen molar-refractivity contribution in [1.82, 2.24) is 0 Å². The van der Waals surface area contributed by atoms with Crippen LogP contribution in [0.4, 0.5) is 13.2 Å². The van der Waals surface area contributed by atoms with Crippen molar-refractivity contribution < 1.29 is 32.3 Å². The molecule has 1 aromatic carbocycles. The van der Waals surface area contributed by atoms with Crippen molar-refractivity contribution in [1.29, 1.82) is 0 Å². The summed E-state index contributed by atoms with van der Waals surface area (Å²) in [5, 5.41) is -1.50. The molecule has 0 saturated carbocycles. The van der Waals surface area contributed by atoms with Gasteiger partial charge in [-0.1, -0.05) is 0 Å². The SMILES string of the molecule is O=C(Cl)C(=O)OC(=O)c1ccc(C(F)(F)F)cc1. The van der Waals surface area contributed by atoms with Gasteiger partial charge in [-0.15, -0.1) is 0 Å². The topological polar surface area (TPSA) is 60.4 Å². The van der Waals surface area contributed by atoms with Crippen LogP contribution in [0.5, 0.6) is 0 Å². The van der Waals surface area contributed by atoms with E-state index in [4.69, 9.17) is 11.6 Å². The lowest BCUT2D eigenvalue weighted by Gasteiger charge is -2.06. The first-order chi connectivity index (χ1) is 8.21. The molecule has 1 aromatic rings. The van der Waals surface area contributed by atoms with E-state index in [0.717, 1.165) is 12.1 Å². The smallest absolute Gasteiger partial charge is 0.383 e. The van der Waals surface area contributed by atoms with Crippen LogP contribution in [-0.4, -0.2) is 17.2 Å². The Bertz CT molecular complexity index is 493. The van der Waals surface area contributed by atoms with E-state index in [2.05, 4.69) is 4.74 Å². The first-order valence-electron chi connectivity index (χ1n) is 4.35. The van der Waals surface area contributed by atoms with Crippen molar-refractivity contribution in [3.8, 4) is 0 Å². The summed E-state index contributed by atoms with van der Waals surface area (Å²) in [7, 11) is 0. The minimum absolute atomic E-state index is 0.311. The lowest BCUT2D eigenvalue weighted by molar-refractivity contribution is -0.146. The molecule has 0 unspecified atom stereocenters. The monoisotopic (exact) mass is 280 g/mol. The van der Waals surface area contributed by atoms with Crippen LogP contribution in [0.25, 0.3) is 0 Å². The Labute approximate surface area is 103 Å². The number of rotatable bonds is 2. The first-order valence-corrected chi connectivity index (χ1v) is 4.73. The largest absolute Gasteiger partial charge is 0.416 e. The molecule has 0 radical (unpaired) electrons. The molecular weight excluding hydrogens is 277 g/mol. The minimum Gasteiger partial charge on any atom is -0.383 e. The second-order valence-corrected chi connectivity index (χ2v) is 3.37. The number of hydrogen-bond donors (Lipinski definition) is 0. The summed E-state index contributed by atoms with van der Waals surface area (Å²) < 4.78 is 40.6. The first kappa shape index (κ1) is 14.2. The average Bonchev–Trinajstić information content (AvgIpc) is 2.27. The molecule has 0 saturated heterocycles. The van der Waals surface area contributed by atoms with Gasteiger partial charge in [0.2, 0.25) is 0 Å². The van der Waals surface area contributed by atoms with Gasteiger partial charge in [0.25, 0.3) is 0 Å². The number of ether oxygens (including phenoxy) is 1. The third-order valence-electron chi connectivity index (χ3n) is 1.79. The van der Waals surface area contributed by atoms with Crippen molar-refractivity contribution in [2.75, 3.05) is 0 Å². The maximum atomic E-state index is 12.2. The number of carbonyl (C=O) groups excluding carboxylic acids is 3. The Morgan fingerprint density at radius 2 is 1.56 bits per heavy atom. The molecule has 8 heteroatoms. The van der Waals surface area contributed by atoms with Crippen molar-refractivity contribution >= 4 is 28.8 Å². The van der Waals surface area contributed by atoms with E-state index in [1.807, 2.05) is 0 Å². The van der Waals surface area contributed by atoms with Crippen LogP contribution in [0.3, 0.4) is 0 Å². The van der Waals surface area contributed by atoms with Crippen LogP contribution in [-0.2, 0) is 20.5 Å². The highest BCUT2D eigenvalue weighted by Gasteiger charge is 2.30. The van der Waals surface area contributed by atoms with Gasteiger partial charge in [0.05, 0.1) is 11.1 Å². The van der Waals surface area contributed by atoms with Gasteiger partial charge in [0, 0.05) is 0 Å². The lowest BCUT2D eigenvalue weighted by atomic mass is 10.1. The van der Waals surface area contributed by atoms with Gasteiger partial charge in [-0.05, 0) is 35.9 Å². The fourth-order valence-electron chi connectivity index (χ4n) is 0.979. The Balaban J connectivity index is 2.83. The Hall–Kier alpha value is -1.89. The quantitative estimate of drug-likeness (QED) is 0.360. The maximum absolute atomic E-state index is 12.2. The van der Waals surface area contributed by atoms with E-state index in [1.54, 1.807) is 0 Å². The van der Waals surface area contributed by atoms with Crippen LogP contribution >= 0.6 is 11.6 Å². The van der Waals surface area contributed by atoms with Crippen LogP contribution < -0.4 is 0 Å². The molecule has 1 rings (SSSR count). The molecule has 0 heterocycles. The van der Waals surface area contributed by atoms with Gasteiger partial charge >= 0.3 is 23.4 Å². The van der Waals surface area contributed by atoms with Gasteiger partial charge in [-0.2, -0.15) is 13.2 Å². The molecule has 0 amide bonds. The zero-order valence-electron chi connectivity index (χ0n) is 8.45. The van der Waals surface area contributed by atoms with E-state index < -0.39 is 28.9 Å². The molecule has 4 nitrogen and oxygen atoms in total. The van der Waals surface area contributed by atoms with E-state index in [0.29, 0.717) is 12.1 Å².